The largest absolute Gasteiger partial charge is 0.352 e. The van der Waals surface area contributed by atoms with Crippen LogP contribution in [-0.2, 0) is 28.3 Å². The first-order chi connectivity index (χ1) is 18.5. The molecule has 4 nitrogen and oxygen atoms in total. The van der Waals surface area contributed by atoms with E-state index in [4.69, 9.17) is 11.6 Å². The fraction of sp³-hybridized carbons (Fsp3) is 0.375. The predicted molar refractivity (Wildman–Crippen MR) is 158 cm³/mol. The molecule has 200 valence electrons. The quantitative estimate of drug-likeness (QED) is 0.281. The molecule has 1 aliphatic carbocycles. The predicted octanol–water partition coefficient (Wildman–Crippen LogP) is 6.97. The molecule has 0 spiro atoms. The molecule has 1 saturated carbocycles. The molecule has 3 aromatic rings. The number of carbonyl (C=O) groups excluding carboxylic acids is 2. The lowest BCUT2D eigenvalue weighted by atomic mass is 9.94. The van der Waals surface area contributed by atoms with Gasteiger partial charge in [-0.3, -0.25) is 9.59 Å². The summed E-state index contributed by atoms with van der Waals surface area (Å²) >= 11 is 7.88. The van der Waals surface area contributed by atoms with Crippen molar-refractivity contribution in [1.82, 2.24) is 10.2 Å². The van der Waals surface area contributed by atoms with Crippen molar-refractivity contribution in [2.45, 2.75) is 69.8 Å². The van der Waals surface area contributed by atoms with Gasteiger partial charge in [-0.1, -0.05) is 104 Å². The van der Waals surface area contributed by atoms with E-state index < -0.39 is 6.04 Å². The topological polar surface area (TPSA) is 49.4 Å². The maximum atomic E-state index is 13.9. The molecule has 0 aliphatic heterocycles. The van der Waals surface area contributed by atoms with Gasteiger partial charge in [-0.05, 0) is 48.1 Å². The van der Waals surface area contributed by atoms with Gasteiger partial charge in [0.25, 0.3) is 0 Å². The Morgan fingerprint density at radius 1 is 0.921 bits per heavy atom. The molecule has 0 unspecified atom stereocenters. The molecule has 1 fully saturated rings. The molecule has 4 rings (SSSR count). The van der Waals surface area contributed by atoms with Crippen LogP contribution < -0.4 is 5.32 Å². The van der Waals surface area contributed by atoms with E-state index in [-0.39, 0.29) is 23.6 Å². The summed E-state index contributed by atoms with van der Waals surface area (Å²) in [7, 11) is 0. The molecule has 0 radical (unpaired) electrons. The molecule has 1 N–H and O–H groups in total. The number of hydrogen-bond acceptors (Lipinski definition) is 3. The number of carbonyl (C=O) groups is 2. The van der Waals surface area contributed by atoms with Crippen LogP contribution in [-0.4, -0.2) is 34.6 Å². The van der Waals surface area contributed by atoms with E-state index in [1.807, 2.05) is 72.8 Å². The number of aryl methyl sites for hydroxylation is 1. The van der Waals surface area contributed by atoms with Gasteiger partial charge in [-0.25, -0.2) is 0 Å². The summed E-state index contributed by atoms with van der Waals surface area (Å²) in [6, 6.07) is 25.4. The Hall–Kier alpha value is -2.76. The highest BCUT2D eigenvalue weighted by Crippen LogP contribution is 2.24. The number of nitrogens with one attached hydrogen (secondary N) is 1. The Kier molecular flexibility index (Phi) is 10.7. The van der Waals surface area contributed by atoms with Crippen LogP contribution >= 0.6 is 23.4 Å². The summed E-state index contributed by atoms with van der Waals surface area (Å²) in [4.78, 5) is 29.5. The minimum atomic E-state index is -0.590. The van der Waals surface area contributed by atoms with Gasteiger partial charge in [0.2, 0.25) is 11.8 Å². The van der Waals surface area contributed by atoms with Gasteiger partial charge < -0.3 is 10.2 Å². The van der Waals surface area contributed by atoms with E-state index in [1.54, 1.807) is 4.90 Å². The Morgan fingerprint density at radius 2 is 1.58 bits per heavy atom. The van der Waals surface area contributed by atoms with Gasteiger partial charge in [0.05, 0.1) is 5.75 Å². The van der Waals surface area contributed by atoms with E-state index >= 15 is 0 Å². The van der Waals surface area contributed by atoms with Crippen molar-refractivity contribution in [2.24, 2.45) is 0 Å². The fourth-order valence-corrected chi connectivity index (χ4v) is 6.21. The zero-order valence-electron chi connectivity index (χ0n) is 22.1. The van der Waals surface area contributed by atoms with Crippen LogP contribution in [0.1, 0.15) is 54.4 Å². The SMILES string of the molecule is Cc1ccccc1CN(C(=O)CSCc1ccccc1Cl)[C@@H](Cc1ccccc1)C(=O)NC1CCCCC1. The Morgan fingerprint density at radius 3 is 2.29 bits per heavy atom. The van der Waals surface area contributed by atoms with Crippen LogP contribution in [0.5, 0.6) is 0 Å². The monoisotopic (exact) mass is 548 g/mol. The zero-order chi connectivity index (χ0) is 26.7. The molecular weight excluding hydrogens is 512 g/mol. The van der Waals surface area contributed by atoms with E-state index in [9.17, 15) is 9.59 Å². The molecule has 0 aromatic heterocycles. The third-order valence-corrected chi connectivity index (χ3v) is 8.60. The molecule has 1 aliphatic rings. The van der Waals surface area contributed by atoms with Crippen molar-refractivity contribution < 1.29 is 9.59 Å². The average Bonchev–Trinajstić information content (AvgIpc) is 2.93. The molecule has 0 saturated heterocycles. The second-order valence-electron chi connectivity index (χ2n) is 10.1. The number of rotatable bonds is 11. The van der Waals surface area contributed by atoms with Crippen molar-refractivity contribution in [3.63, 3.8) is 0 Å². The molecule has 3 aromatic carbocycles. The van der Waals surface area contributed by atoms with Gasteiger partial charge in [-0.2, -0.15) is 0 Å². The number of amides is 2. The van der Waals surface area contributed by atoms with Gasteiger partial charge >= 0.3 is 0 Å². The standard InChI is InChI=1S/C32H37ClN2O2S/c1-24-12-8-9-15-26(24)21-35(31(36)23-38-22-27-16-10-11-19-29(27)33)30(20-25-13-4-2-5-14-25)32(37)34-28-17-6-3-7-18-28/h2,4-5,8-16,19,28,30H,3,6-7,17-18,20-23H2,1H3,(H,34,37)/t30-/m0/s1. The Labute approximate surface area is 236 Å². The number of hydrogen-bond donors (Lipinski definition) is 1. The number of thioether (sulfide) groups is 1. The lowest BCUT2D eigenvalue weighted by Crippen LogP contribution is -2.53. The van der Waals surface area contributed by atoms with Crippen molar-refractivity contribution in [2.75, 3.05) is 5.75 Å². The molecule has 2 amide bonds. The van der Waals surface area contributed by atoms with Crippen LogP contribution in [0.15, 0.2) is 78.9 Å². The first-order valence-electron chi connectivity index (χ1n) is 13.5. The summed E-state index contributed by atoms with van der Waals surface area (Å²) in [5, 5.41) is 4.01. The van der Waals surface area contributed by atoms with Crippen molar-refractivity contribution in [3.05, 3.63) is 106 Å². The van der Waals surface area contributed by atoms with Gasteiger partial charge in [0.15, 0.2) is 0 Å². The minimum Gasteiger partial charge on any atom is -0.352 e. The molecule has 0 heterocycles. The smallest absolute Gasteiger partial charge is 0.243 e. The van der Waals surface area contributed by atoms with Gasteiger partial charge in [0.1, 0.15) is 6.04 Å². The minimum absolute atomic E-state index is 0.0370. The van der Waals surface area contributed by atoms with E-state index in [0.29, 0.717) is 23.7 Å². The maximum Gasteiger partial charge on any atom is 0.243 e. The zero-order valence-corrected chi connectivity index (χ0v) is 23.6. The highest BCUT2D eigenvalue weighted by Gasteiger charge is 2.32. The van der Waals surface area contributed by atoms with E-state index in [0.717, 1.165) is 47.9 Å². The molecule has 6 heteroatoms. The van der Waals surface area contributed by atoms with Crippen LogP contribution in [0.25, 0.3) is 0 Å². The van der Waals surface area contributed by atoms with Crippen LogP contribution in [0.3, 0.4) is 0 Å². The summed E-state index contributed by atoms with van der Waals surface area (Å²) in [6.07, 6.45) is 5.98. The van der Waals surface area contributed by atoms with Crippen LogP contribution in [0.2, 0.25) is 5.02 Å². The highest BCUT2D eigenvalue weighted by molar-refractivity contribution is 7.99. The van der Waals surface area contributed by atoms with E-state index in [2.05, 4.69) is 18.3 Å². The first-order valence-corrected chi connectivity index (χ1v) is 15.0. The lowest BCUT2D eigenvalue weighted by Gasteiger charge is -2.34. The highest BCUT2D eigenvalue weighted by atomic mass is 35.5. The second-order valence-corrected chi connectivity index (χ2v) is 11.5. The van der Waals surface area contributed by atoms with Crippen molar-refractivity contribution in [1.29, 1.82) is 0 Å². The molecule has 38 heavy (non-hydrogen) atoms. The Bertz CT molecular complexity index is 1200. The summed E-state index contributed by atoms with van der Waals surface area (Å²) in [5.41, 5.74) is 4.22. The number of benzene rings is 3. The van der Waals surface area contributed by atoms with Gasteiger partial charge in [0, 0.05) is 29.8 Å². The Balaban J connectivity index is 1.58. The molecule has 1 atom stereocenters. The van der Waals surface area contributed by atoms with Crippen molar-refractivity contribution in [3.8, 4) is 0 Å². The number of nitrogens with zero attached hydrogens (tertiary/aromatic N) is 1. The number of halogens is 1. The third kappa shape index (κ3) is 8.12. The molecule has 0 bridgehead atoms. The van der Waals surface area contributed by atoms with Crippen LogP contribution in [0, 0.1) is 6.92 Å². The second kappa shape index (κ2) is 14.4. The summed E-state index contributed by atoms with van der Waals surface area (Å²) in [5.74, 6) is 0.823. The third-order valence-electron chi connectivity index (χ3n) is 7.27. The lowest BCUT2D eigenvalue weighted by molar-refractivity contribution is -0.139. The first kappa shape index (κ1) is 28.3. The van der Waals surface area contributed by atoms with Crippen molar-refractivity contribution >= 4 is 35.2 Å². The normalized spacial score (nSPS) is 14.6. The van der Waals surface area contributed by atoms with Gasteiger partial charge in [-0.15, -0.1) is 11.8 Å². The summed E-state index contributed by atoms with van der Waals surface area (Å²) in [6.45, 7) is 2.45. The van der Waals surface area contributed by atoms with Crippen LogP contribution in [0.4, 0.5) is 0 Å². The maximum absolute atomic E-state index is 13.9. The average molecular weight is 549 g/mol. The molecular formula is C32H37ClN2O2S. The summed E-state index contributed by atoms with van der Waals surface area (Å²) < 4.78 is 0. The fourth-order valence-electron chi connectivity index (χ4n) is 5.02. The van der Waals surface area contributed by atoms with E-state index in [1.165, 1.54) is 18.2 Å².